The molecule has 13 rings (SSSR count). The first-order valence-electron chi connectivity index (χ1n) is 19.8. The van der Waals surface area contributed by atoms with Crippen molar-refractivity contribution < 1.29 is 0 Å². The smallest absolute Gasteiger partial charge is 0.235 e. The Kier molecular flexibility index (Phi) is 6.41. The normalized spacial score (nSPS) is 12.1. The summed E-state index contributed by atoms with van der Waals surface area (Å²) < 4.78 is 4.69. The van der Waals surface area contributed by atoms with E-state index in [9.17, 15) is 0 Å². The Labute approximate surface area is 332 Å². The number of aromatic nitrogens is 4. The van der Waals surface area contributed by atoms with Crippen molar-refractivity contribution in [2.24, 2.45) is 0 Å². The molecule has 0 radical (unpaired) electrons. The molecule has 0 saturated heterocycles. The first-order valence-corrected chi connectivity index (χ1v) is 19.8. The van der Waals surface area contributed by atoms with Crippen LogP contribution in [0.4, 0.5) is 0 Å². The predicted molar refractivity (Wildman–Crippen MR) is 242 cm³/mol. The summed E-state index contributed by atoms with van der Waals surface area (Å²) in [6.45, 7) is 0. The number of para-hydroxylation sites is 3. The molecule has 4 heterocycles. The zero-order valence-corrected chi connectivity index (χ0v) is 31.3. The quantitative estimate of drug-likeness (QED) is 0.169. The maximum atomic E-state index is 5.48. The number of hydrogen-bond acceptors (Lipinski definition) is 2. The highest BCUT2D eigenvalue weighted by molar-refractivity contribution is 6.23. The summed E-state index contributed by atoms with van der Waals surface area (Å²) >= 11 is 0. The number of nitrogens with zero attached hydrogens (tertiary/aromatic N) is 4. The van der Waals surface area contributed by atoms with Gasteiger partial charge in [-0.15, -0.1) is 0 Å². The molecule has 0 spiro atoms. The van der Waals surface area contributed by atoms with E-state index in [0.717, 1.165) is 49.5 Å². The molecule has 0 unspecified atom stereocenters. The average Bonchev–Trinajstić information content (AvgIpc) is 3.94. The molecule has 58 heavy (non-hydrogen) atoms. The Bertz CT molecular complexity index is 3800. The van der Waals surface area contributed by atoms with Crippen molar-refractivity contribution in [3.8, 4) is 39.5 Å². The maximum Gasteiger partial charge on any atom is 0.235 e. The molecule has 0 saturated carbocycles. The molecule has 0 fully saturated rings. The van der Waals surface area contributed by atoms with E-state index in [2.05, 4.69) is 203 Å². The molecular formula is C54H32N4. The molecule has 0 N–H and O–H groups in total. The monoisotopic (exact) mass is 736 g/mol. The van der Waals surface area contributed by atoms with E-state index >= 15 is 0 Å². The Morgan fingerprint density at radius 1 is 0.310 bits per heavy atom. The summed E-state index contributed by atoms with van der Waals surface area (Å²) in [6, 6.07) is 70.1. The van der Waals surface area contributed by atoms with E-state index in [0.29, 0.717) is 5.95 Å². The second-order valence-corrected chi connectivity index (χ2v) is 15.4. The van der Waals surface area contributed by atoms with Crippen LogP contribution >= 0.6 is 0 Å². The zero-order valence-electron chi connectivity index (χ0n) is 31.3. The van der Waals surface area contributed by atoms with Crippen molar-refractivity contribution in [3.63, 3.8) is 0 Å². The molecule has 13 aromatic rings. The maximum absolute atomic E-state index is 5.48. The lowest BCUT2D eigenvalue weighted by atomic mass is 9.98. The topological polar surface area (TPSA) is 35.1 Å². The standard InChI is InChI=1S/C54H32N4/c1-2-12-33(13-3-1)35-15-10-16-38(30-35)51-44-27-24-34-14-4-5-17-39(34)52(44)56-54(55-51)58-48-23-9-7-19-41(48)45-31-36(26-29-50(45)58)37-25-28-49-46(32-37)43-21-11-20-42-40-18-6-8-22-47(40)57(49)53(42)43/h1-32H. The third-order valence-electron chi connectivity index (χ3n) is 12.3. The van der Waals surface area contributed by atoms with Gasteiger partial charge in [-0.2, -0.15) is 0 Å². The SMILES string of the molecule is c1ccc(-c2cccc(-c3nc(-n4c5ccccc5c5cc(-c6ccc7c(c6)c6cccc8c9ccccc9n7c86)ccc54)nc4c3ccc3ccccc34)c2)cc1. The largest absolute Gasteiger partial charge is 0.308 e. The van der Waals surface area contributed by atoms with Gasteiger partial charge in [-0.05, 0) is 76.2 Å². The molecule has 0 aliphatic heterocycles. The van der Waals surface area contributed by atoms with Crippen LogP contribution in [0.2, 0.25) is 0 Å². The minimum atomic E-state index is 0.655. The molecule has 4 nitrogen and oxygen atoms in total. The Hall–Kier alpha value is -7.82. The minimum Gasteiger partial charge on any atom is -0.308 e. The minimum absolute atomic E-state index is 0.655. The molecule has 4 aromatic heterocycles. The molecule has 9 aromatic carbocycles. The van der Waals surface area contributed by atoms with Crippen LogP contribution in [0.1, 0.15) is 0 Å². The highest BCUT2D eigenvalue weighted by Crippen LogP contribution is 2.42. The van der Waals surface area contributed by atoms with Crippen molar-refractivity contribution in [1.29, 1.82) is 0 Å². The average molecular weight is 737 g/mol. The molecule has 268 valence electrons. The number of rotatable bonds is 4. The number of benzene rings is 9. The van der Waals surface area contributed by atoms with Crippen molar-refractivity contribution in [1.82, 2.24) is 18.9 Å². The van der Waals surface area contributed by atoms with Gasteiger partial charge in [0, 0.05) is 48.7 Å². The second-order valence-electron chi connectivity index (χ2n) is 15.4. The molecular weight excluding hydrogens is 705 g/mol. The molecule has 0 bridgehead atoms. The van der Waals surface area contributed by atoms with Gasteiger partial charge < -0.3 is 4.40 Å². The third-order valence-corrected chi connectivity index (χ3v) is 12.3. The molecule has 0 aliphatic carbocycles. The fourth-order valence-electron chi connectivity index (χ4n) is 9.63. The van der Waals surface area contributed by atoms with Gasteiger partial charge in [0.15, 0.2) is 0 Å². The molecule has 0 amide bonds. The van der Waals surface area contributed by atoms with Gasteiger partial charge in [-0.25, -0.2) is 9.97 Å². The summed E-state index contributed by atoms with van der Waals surface area (Å²) in [4.78, 5) is 10.9. The summed E-state index contributed by atoms with van der Waals surface area (Å²) in [5.74, 6) is 0.655. The fourth-order valence-corrected chi connectivity index (χ4v) is 9.63. The van der Waals surface area contributed by atoms with E-state index in [1.165, 1.54) is 65.6 Å². The van der Waals surface area contributed by atoms with Crippen LogP contribution in [0.5, 0.6) is 0 Å². The first-order chi connectivity index (χ1) is 28.8. The van der Waals surface area contributed by atoms with Gasteiger partial charge >= 0.3 is 0 Å². The highest BCUT2D eigenvalue weighted by Gasteiger charge is 2.21. The summed E-state index contributed by atoms with van der Waals surface area (Å²) in [5.41, 5.74) is 13.5. The van der Waals surface area contributed by atoms with E-state index in [1.54, 1.807) is 0 Å². The van der Waals surface area contributed by atoms with Crippen LogP contribution in [0, 0.1) is 0 Å². The van der Waals surface area contributed by atoms with Crippen LogP contribution in [0.15, 0.2) is 194 Å². The number of hydrogen-bond donors (Lipinski definition) is 0. The van der Waals surface area contributed by atoms with E-state index < -0.39 is 0 Å². The van der Waals surface area contributed by atoms with Crippen LogP contribution in [0.3, 0.4) is 0 Å². The van der Waals surface area contributed by atoms with Crippen molar-refractivity contribution in [2.75, 3.05) is 0 Å². The summed E-state index contributed by atoms with van der Waals surface area (Å²) in [7, 11) is 0. The van der Waals surface area contributed by atoms with Crippen molar-refractivity contribution in [3.05, 3.63) is 194 Å². The molecule has 0 aliphatic rings. The van der Waals surface area contributed by atoms with Gasteiger partial charge in [0.05, 0.1) is 38.8 Å². The van der Waals surface area contributed by atoms with Gasteiger partial charge in [0.25, 0.3) is 0 Å². The van der Waals surface area contributed by atoms with Crippen molar-refractivity contribution in [2.45, 2.75) is 0 Å². The Morgan fingerprint density at radius 3 is 1.69 bits per heavy atom. The molecule has 0 atom stereocenters. The zero-order chi connectivity index (χ0) is 37.9. The number of fused-ring (bicyclic) bond motifs is 12. The first kappa shape index (κ1) is 31.4. The van der Waals surface area contributed by atoms with Crippen molar-refractivity contribution >= 4 is 81.6 Å². The Balaban J connectivity index is 1.03. The molecule has 4 heteroatoms. The summed E-state index contributed by atoms with van der Waals surface area (Å²) in [6.07, 6.45) is 0. The lowest BCUT2D eigenvalue weighted by Crippen LogP contribution is -2.04. The lowest BCUT2D eigenvalue weighted by molar-refractivity contribution is 1.02. The van der Waals surface area contributed by atoms with Crippen LogP contribution < -0.4 is 0 Å². The van der Waals surface area contributed by atoms with Gasteiger partial charge in [-0.1, -0.05) is 146 Å². The van der Waals surface area contributed by atoms with Crippen LogP contribution in [-0.2, 0) is 0 Å². The van der Waals surface area contributed by atoms with E-state index in [1.807, 2.05) is 0 Å². The third kappa shape index (κ3) is 4.40. The highest BCUT2D eigenvalue weighted by atomic mass is 15.2. The van der Waals surface area contributed by atoms with Gasteiger partial charge in [-0.3, -0.25) is 4.57 Å². The van der Waals surface area contributed by atoms with Gasteiger partial charge in [0.2, 0.25) is 5.95 Å². The fraction of sp³-hybridized carbons (Fsp3) is 0. The predicted octanol–water partition coefficient (Wildman–Crippen LogP) is 14.0. The summed E-state index contributed by atoms with van der Waals surface area (Å²) in [5, 5.41) is 10.8. The van der Waals surface area contributed by atoms with Gasteiger partial charge in [0.1, 0.15) is 0 Å². The van der Waals surface area contributed by atoms with Crippen LogP contribution in [-0.4, -0.2) is 18.9 Å². The van der Waals surface area contributed by atoms with E-state index in [4.69, 9.17) is 9.97 Å². The van der Waals surface area contributed by atoms with E-state index in [-0.39, 0.29) is 0 Å². The van der Waals surface area contributed by atoms with Crippen LogP contribution in [0.25, 0.3) is 121 Å². The lowest BCUT2D eigenvalue weighted by Gasteiger charge is -2.14. The second kappa shape index (κ2) is 11.8. The Morgan fingerprint density at radius 2 is 0.862 bits per heavy atom.